The normalized spacial score (nSPS) is 16.9. The Bertz CT molecular complexity index is 943. The molecule has 23 heavy (non-hydrogen) atoms. The van der Waals surface area contributed by atoms with Crippen LogP contribution in [-0.4, -0.2) is 25.3 Å². The van der Waals surface area contributed by atoms with E-state index in [0.717, 1.165) is 28.2 Å². The molecule has 6 nitrogen and oxygen atoms in total. The van der Waals surface area contributed by atoms with Crippen molar-refractivity contribution in [1.29, 1.82) is 0 Å². The van der Waals surface area contributed by atoms with Gasteiger partial charge in [0.2, 0.25) is 5.95 Å². The van der Waals surface area contributed by atoms with Crippen LogP contribution >= 0.6 is 0 Å². The Balaban J connectivity index is 0.00000169. The van der Waals surface area contributed by atoms with Gasteiger partial charge in [-0.15, -0.1) is 5.10 Å². The predicted octanol–water partition coefficient (Wildman–Crippen LogP) is 3.47. The van der Waals surface area contributed by atoms with Crippen LogP contribution in [0, 0.1) is 5.92 Å². The van der Waals surface area contributed by atoms with E-state index in [0.29, 0.717) is 11.8 Å². The van der Waals surface area contributed by atoms with Gasteiger partial charge in [0.25, 0.3) is 0 Å². The van der Waals surface area contributed by atoms with Crippen LogP contribution in [0.5, 0.6) is 0 Å². The molecule has 4 heterocycles. The topological polar surface area (TPSA) is 81.5 Å². The molecule has 6 heteroatoms. The number of rotatable bonds is 2. The Morgan fingerprint density at radius 2 is 2.09 bits per heavy atom. The highest BCUT2D eigenvalue weighted by molar-refractivity contribution is 5.96. The number of fused-ring (bicyclic) bond motifs is 2. The van der Waals surface area contributed by atoms with Gasteiger partial charge in [-0.1, -0.05) is 13.8 Å². The molecule has 1 aliphatic rings. The highest BCUT2D eigenvalue weighted by Gasteiger charge is 2.28. The second kappa shape index (κ2) is 4.87. The zero-order valence-corrected chi connectivity index (χ0v) is 13.4. The number of nitrogens with zero attached hydrogens (tertiary/aromatic N) is 5. The molecule has 0 saturated carbocycles. The fourth-order valence-corrected chi connectivity index (χ4v) is 3.41. The van der Waals surface area contributed by atoms with E-state index in [4.69, 9.17) is 5.73 Å². The maximum absolute atomic E-state index is 5.64. The van der Waals surface area contributed by atoms with Crippen LogP contribution < -0.4 is 5.73 Å². The average Bonchev–Trinajstić information content (AvgIpc) is 3.05. The number of pyridine rings is 1. The minimum atomic E-state index is 0. The molecule has 4 rings (SSSR count). The van der Waals surface area contributed by atoms with Gasteiger partial charge in [0.05, 0.1) is 11.7 Å². The van der Waals surface area contributed by atoms with Crippen molar-refractivity contribution in [2.75, 3.05) is 5.73 Å². The molecule has 0 radical (unpaired) electrons. The lowest BCUT2D eigenvalue weighted by atomic mass is 9.86. The lowest BCUT2D eigenvalue weighted by Crippen LogP contribution is -2.11. The molecule has 2 N–H and O–H groups in total. The number of hydrogen-bond acceptors (Lipinski definition) is 5. The zero-order valence-electron chi connectivity index (χ0n) is 13.4. The SMILES string of the molecule is CC1=Nc2ncc(-c3ccn4nc(N)ncc34)cc2C1C(C)C.[HH]. The first-order valence-corrected chi connectivity index (χ1v) is 7.70. The first-order chi connectivity index (χ1) is 11.0. The summed E-state index contributed by atoms with van der Waals surface area (Å²) in [6.45, 7) is 6.52. The first-order valence-electron chi connectivity index (χ1n) is 7.70. The van der Waals surface area contributed by atoms with Crippen LogP contribution in [0.1, 0.15) is 33.7 Å². The first kappa shape index (κ1) is 13.9. The Morgan fingerprint density at radius 1 is 1.26 bits per heavy atom. The summed E-state index contributed by atoms with van der Waals surface area (Å²) in [6.07, 6.45) is 5.49. The molecule has 1 atom stereocenters. The van der Waals surface area contributed by atoms with E-state index >= 15 is 0 Å². The van der Waals surface area contributed by atoms with Crippen LogP contribution in [0.4, 0.5) is 11.8 Å². The predicted molar refractivity (Wildman–Crippen MR) is 93.1 cm³/mol. The molecule has 0 saturated heterocycles. The Kier molecular flexibility index (Phi) is 2.94. The summed E-state index contributed by atoms with van der Waals surface area (Å²) in [5.41, 5.74) is 11.0. The van der Waals surface area contributed by atoms with Crippen LogP contribution in [0.15, 0.2) is 35.7 Å². The van der Waals surface area contributed by atoms with Crippen LogP contribution in [-0.2, 0) is 0 Å². The molecular weight excluding hydrogens is 288 g/mol. The average molecular weight is 308 g/mol. The maximum atomic E-state index is 5.64. The number of nitrogen functional groups attached to an aromatic ring is 1. The van der Waals surface area contributed by atoms with Gasteiger partial charge in [-0.25, -0.2) is 19.5 Å². The lowest BCUT2D eigenvalue weighted by Gasteiger charge is -2.16. The summed E-state index contributed by atoms with van der Waals surface area (Å²) < 4.78 is 1.74. The second-order valence-corrected chi connectivity index (χ2v) is 6.29. The molecule has 118 valence electrons. The van der Waals surface area contributed by atoms with E-state index in [-0.39, 0.29) is 7.37 Å². The third-order valence-corrected chi connectivity index (χ3v) is 4.37. The van der Waals surface area contributed by atoms with E-state index in [1.165, 1.54) is 5.56 Å². The van der Waals surface area contributed by atoms with E-state index in [2.05, 4.69) is 46.9 Å². The minimum absolute atomic E-state index is 0. The van der Waals surface area contributed by atoms with E-state index in [9.17, 15) is 0 Å². The number of hydrogen-bond donors (Lipinski definition) is 1. The van der Waals surface area contributed by atoms with E-state index in [1.807, 2.05) is 18.5 Å². The third kappa shape index (κ3) is 2.10. The number of nitrogens with two attached hydrogens (primary N) is 1. The maximum Gasteiger partial charge on any atom is 0.238 e. The van der Waals surface area contributed by atoms with Gasteiger partial charge in [-0.2, -0.15) is 0 Å². The molecule has 1 aliphatic heterocycles. The molecule has 3 aromatic rings. The number of anilines is 1. The molecular formula is C17H20N6. The van der Waals surface area contributed by atoms with Crippen LogP contribution in [0.25, 0.3) is 16.6 Å². The van der Waals surface area contributed by atoms with Crippen molar-refractivity contribution >= 4 is 23.0 Å². The van der Waals surface area contributed by atoms with Crippen molar-refractivity contribution in [2.24, 2.45) is 10.9 Å². The van der Waals surface area contributed by atoms with Gasteiger partial charge in [0.1, 0.15) is 0 Å². The summed E-state index contributed by atoms with van der Waals surface area (Å²) in [7, 11) is 0. The molecule has 0 bridgehead atoms. The van der Waals surface area contributed by atoms with Gasteiger partial charge in [0, 0.05) is 42.1 Å². The molecule has 0 aliphatic carbocycles. The molecule has 1 unspecified atom stereocenters. The second-order valence-electron chi connectivity index (χ2n) is 6.29. The van der Waals surface area contributed by atoms with Crippen molar-refractivity contribution < 1.29 is 1.43 Å². The van der Waals surface area contributed by atoms with Gasteiger partial charge in [-0.05, 0) is 25.0 Å². The van der Waals surface area contributed by atoms with Crippen LogP contribution in [0.2, 0.25) is 0 Å². The number of aliphatic imine (C=N–C) groups is 1. The van der Waals surface area contributed by atoms with Crippen molar-refractivity contribution in [3.8, 4) is 11.1 Å². The standard InChI is InChI=1S/C17H18N6.H2/c1-9(2)15-10(3)21-16-13(15)6-11(7-19-16)12-4-5-23-14(12)8-20-17(18)22-23;/h4-9,15H,1-3H3,(H2,18,22);1H. The number of aromatic nitrogens is 4. The Labute approximate surface area is 135 Å². The van der Waals surface area contributed by atoms with Crippen molar-refractivity contribution in [1.82, 2.24) is 19.6 Å². The Morgan fingerprint density at radius 3 is 2.87 bits per heavy atom. The van der Waals surface area contributed by atoms with E-state index < -0.39 is 0 Å². The highest BCUT2D eigenvalue weighted by Crippen LogP contribution is 2.40. The van der Waals surface area contributed by atoms with Gasteiger partial charge in [0.15, 0.2) is 5.82 Å². The van der Waals surface area contributed by atoms with Gasteiger partial charge >= 0.3 is 0 Å². The summed E-state index contributed by atoms with van der Waals surface area (Å²) in [5.74, 6) is 1.92. The van der Waals surface area contributed by atoms with Gasteiger partial charge < -0.3 is 5.73 Å². The summed E-state index contributed by atoms with van der Waals surface area (Å²) >= 11 is 0. The monoisotopic (exact) mass is 308 g/mol. The smallest absolute Gasteiger partial charge is 0.238 e. The minimum Gasteiger partial charge on any atom is -0.367 e. The van der Waals surface area contributed by atoms with Crippen LogP contribution in [0.3, 0.4) is 0 Å². The van der Waals surface area contributed by atoms with E-state index in [1.54, 1.807) is 10.7 Å². The molecule has 0 amide bonds. The quantitative estimate of drug-likeness (QED) is 0.786. The molecule has 0 spiro atoms. The largest absolute Gasteiger partial charge is 0.367 e. The molecule has 3 aromatic heterocycles. The van der Waals surface area contributed by atoms with Gasteiger partial charge in [-0.3, -0.25) is 0 Å². The Hall–Kier alpha value is -2.76. The van der Waals surface area contributed by atoms with Crippen molar-refractivity contribution in [3.05, 3.63) is 36.3 Å². The molecule has 0 fully saturated rings. The zero-order chi connectivity index (χ0) is 16.1. The molecule has 0 aromatic carbocycles. The van der Waals surface area contributed by atoms with Crippen molar-refractivity contribution in [2.45, 2.75) is 26.7 Å². The fraction of sp³-hybridized carbons (Fsp3) is 0.294. The summed E-state index contributed by atoms with van der Waals surface area (Å²) in [4.78, 5) is 13.3. The third-order valence-electron chi connectivity index (χ3n) is 4.37. The summed E-state index contributed by atoms with van der Waals surface area (Å²) in [6, 6.07) is 4.21. The highest BCUT2D eigenvalue weighted by atomic mass is 15.3. The fourth-order valence-electron chi connectivity index (χ4n) is 3.41. The lowest BCUT2D eigenvalue weighted by molar-refractivity contribution is 0.608. The van der Waals surface area contributed by atoms with Crippen molar-refractivity contribution in [3.63, 3.8) is 0 Å². The summed E-state index contributed by atoms with van der Waals surface area (Å²) in [5, 5.41) is 4.19.